The Morgan fingerprint density at radius 3 is 1.83 bits per heavy atom. The van der Waals surface area contributed by atoms with Gasteiger partial charge in [-0.1, -0.05) is 140 Å². The van der Waals surface area contributed by atoms with Gasteiger partial charge >= 0.3 is 0 Å². The van der Waals surface area contributed by atoms with E-state index in [1.54, 1.807) is 11.1 Å². The normalized spacial score (nSPS) is 23.5. The first-order valence-electron chi connectivity index (χ1n) is 19.7. The molecule has 4 bridgehead atoms. The molecule has 7 aromatic carbocycles. The largest absolute Gasteiger partial charge is 0.135 e. The summed E-state index contributed by atoms with van der Waals surface area (Å²) in [7, 11) is 0. The summed E-state index contributed by atoms with van der Waals surface area (Å²) >= 11 is 1.94. The molecular weight excluding hydrogens is 657 g/mol. The molecule has 4 fully saturated rings. The number of hydrogen-bond acceptors (Lipinski definition) is 1. The van der Waals surface area contributed by atoms with Crippen LogP contribution in [0.2, 0.25) is 0 Å². The van der Waals surface area contributed by atoms with Crippen LogP contribution >= 0.6 is 11.3 Å². The lowest BCUT2D eigenvalue weighted by Crippen LogP contribution is -2.55. The zero-order valence-corrected chi connectivity index (χ0v) is 30.6. The fraction of sp³-hybridized carbons (Fsp3) is 0.192. The van der Waals surface area contributed by atoms with Crippen molar-refractivity contribution in [2.24, 2.45) is 23.7 Å². The van der Waals surface area contributed by atoms with Gasteiger partial charge < -0.3 is 0 Å². The summed E-state index contributed by atoms with van der Waals surface area (Å²) in [5, 5.41) is 2.76. The van der Waals surface area contributed by atoms with Crippen LogP contribution in [0, 0.1) is 23.7 Å². The molecule has 0 amide bonds. The van der Waals surface area contributed by atoms with Crippen LogP contribution in [0.3, 0.4) is 0 Å². The highest BCUT2D eigenvalue weighted by molar-refractivity contribution is 7.26. The second-order valence-corrected chi connectivity index (χ2v) is 17.5. The summed E-state index contributed by atoms with van der Waals surface area (Å²) in [4.78, 5) is 0. The van der Waals surface area contributed by atoms with Crippen molar-refractivity contribution in [2.45, 2.75) is 37.5 Å². The fourth-order valence-corrected chi connectivity index (χ4v) is 13.3. The molecule has 4 saturated carbocycles. The van der Waals surface area contributed by atoms with Gasteiger partial charge in [-0.05, 0) is 141 Å². The SMILES string of the molecule is c1ccc(-c2ccc(-c3ccc4c(c3)sc3cccc(-c5cccc6c5-c5ccccc5C65C6CC7CC(C6)CC5C7)c34)c(-c3ccccc3)c2)cc1. The van der Waals surface area contributed by atoms with Gasteiger partial charge in [0.15, 0.2) is 0 Å². The topological polar surface area (TPSA) is 0 Å². The lowest BCUT2D eigenvalue weighted by atomic mass is 9.43. The molecule has 53 heavy (non-hydrogen) atoms. The van der Waals surface area contributed by atoms with Crippen molar-refractivity contribution in [3.63, 3.8) is 0 Å². The Balaban J connectivity index is 1.03. The average Bonchev–Trinajstić information content (AvgIpc) is 3.74. The quantitative estimate of drug-likeness (QED) is 0.172. The number of benzene rings is 7. The van der Waals surface area contributed by atoms with Crippen LogP contribution in [0.25, 0.3) is 75.8 Å². The van der Waals surface area contributed by atoms with E-state index in [0.29, 0.717) is 0 Å². The molecule has 0 radical (unpaired) electrons. The molecule has 0 atom stereocenters. The number of thiophene rings is 1. The molecule has 0 nitrogen and oxygen atoms in total. The van der Waals surface area contributed by atoms with Gasteiger partial charge in [-0.25, -0.2) is 0 Å². The van der Waals surface area contributed by atoms with E-state index in [1.165, 1.54) is 108 Å². The summed E-state index contributed by atoms with van der Waals surface area (Å²) in [6.07, 6.45) is 7.15. The van der Waals surface area contributed by atoms with Crippen molar-refractivity contribution in [1.82, 2.24) is 0 Å². The third kappa shape index (κ3) is 4.29. The zero-order valence-electron chi connectivity index (χ0n) is 29.8. The van der Waals surface area contributed by atoms with E-state index in [0.717, 1.165) is 23.7 Å². The highest BCUT2D eigenvalue weighted by Gasteiger charge is 2.61. The van der Waals surface area contributed by atoms with Gasteiger partial charge in [0.1, 0.15) is 0 Å². The molecule has 13 rings (SSSR count). The predicted molar refractivity (Wildman–Crippen MR) is 224 cm³/mol. The first-order chi connectivity index (χ1) is 26.2. The molecule has 0 N–H and O–H groups in total. The molecule has 254 valence electrons. The second kappa shape index (κ2) is 11.4. The Morgan fingerprint density at radius 1 is 0.396 bits per heavy atom. The van der Waals surface area contributed by atoms with Crippen molar-refractivity contribution in [3.8, 4) is 55.6 Å². The summed E-state index contributed by atoms with van der Waals surface area (Å²) < 4.78 is 2.71. The zero-order chi connectivity index (χ0) is 34.7. The van der Waals surface area contributed by atoms with E-state index in [1.807, 2.05) is 11.3 Å². The summed E-state index contributed by atoms with van der Waals surface area (Å²) in [6.45, 7) is 0. The Kier molecular flexibility index (Phi) is 6.49. The van der Waals surface area contributed by atoms with Gasteiger partial charge in [-0.2, -0.15) is 0 Å². The van der Waals surface area contributed by atoms with Gasteiger partial charge in [-0.15, -0.1) is 11.3 Å². The van der Waals surface area contributed by atoms with E-state index in [9.17, 15) is 0 Å². The van der Waals surface area contributed by atoms with Crippen molar-refractivity contribution in [3.05, 3.63) is 169 Å². The van der Waals surface area contributed by atoms with Gasteiger partial charge in [-0.3, -0.25) is 0 Å². The van der Waals surface area contributed by atoms with E-state index in [-0.39, 0.29) is 5.41 Å². The Bertz CT molecular complexity index is 2700. The third-order valence-corrected chi connectivity index (χ3v) is 15.0. The van der Waals surface area contributed by atoms with Gasteiger partial charge in [0.25, 0.3) is 0 Å². The molecule has 0 aliphatic heterocycles. The van der Waals surface area contributed by atoms with Crippen LogP contribution in [0.5, 0.6) is 0 Å². The molecule has 0 saturated heterocycles. The second-order valence-electron chi connectivity index (χ2n) is 16.4. The van der Waals surface area contributed by atoms with E-state index >= 15 is 0 Å². The van der Waals surface area contributed by atoms with Crippen LogP contribution in [0.15, 0.2) is 158 Å². The lowest BCUT2D eigenvalue weighted by Gasteiger charge is -2.61. The van der Waals surface area contributed by atoms with E-state index < -0.39 is 0 Å². The monoisotopic (exact) mass is 696 g/mol. The van der Waals surface area contributed by atoms with E-state index in [2.05, 4.69) is 158 Å². The van der Waals surface area contributed by atoms with Crippen LogP contribution in [-0.4, -0.2) is 0 Å². The number of rotatable bonds is 4. The highest BCUT2D eigenvalue weighted by Crippen LogP contribution is 2.70. The first-order valence-corrected chi connectivity index (χ1v) is 20.5. The highest BCUT2D eigenvalue weighted by atomic mass is 32.1. The van der Waals surface area contributed by atoms with Crippen molar-refractivity contribution < 1.29 is 0 Å². The van der Waals surface area contributed by atoms with Crippen LogP contribution in [0.1, 0.15) is 43.2 Å². The Labute approximate surface area is 315 Å². The molecule has 0 unspecified atom stereocenters. The van der Waals surface area contributed by atoms with Crippen LogP contribution in [-0.2, 0) is 5.41 Å². The van der Waals surface area contributed by atoms with Crippen molar-refractivity contribution in [2.75, 3.05) is 0 Å². The summed E-state index contributed by atoms with van der Waals surface area (Å²) in [5.41, 5.74) is 16.8. The summed E-state index contributed by atoms with van der Waals surface area (Å²) in [5.74, 6) is 3.44. The maximum Gasteiger partial charge on any atom is 0.0361 e. The number of hydrogen-bond donors (Lipinski definition) is 0. The maximum absolute atomic E-state index is 2.53. The van der Waals surface area contributed by atoms with Crippen LogP contribution < -0.4 is 0 Å². The molecule has 1 heterocycles. The standard InChI is InChI=1S/C52H40S/c1-3-11-34(12-4-1)36-21-23-40(45(30-36)35-13-5-2-6-14-35)37-22-24-44-49(31-37)53-48-20-10-17-42(51(44)48)41-16-9-19-47-50(41)43-15-7-8-18-46(43)52(47)38-26-32-25-33(28-38)29-39(52)27-32/h1-24,30-33,38-39H,25-29H2. The maximum atomic E-state index is 2.53. The molecule has 5 aliphatic rings. The minimum atomic E-state index is 0.182. The first kappa shape index (κ1) is 30.2. The predicted octanol–water partition coefficient (Wildman–Crippen LogP) is 14.4. The summed E-state index contributed by atoms with van der Waals surface area (Å²) in [6, 6.07) is 59.8. The molecule has 1 aromatic heterocycles. The Morgan fingerprint density at radius 2 is 1.04 bits per heavy atom. The van der Waals surface area contributed by atoms with E-state index in [4.69, 9.17) is 0 Å². The minimum Gasteiger partial charge on any atom is -0.135 e. The van der Waals surface area contributed by atoms with Gasteiger partial charge in [0, 0.05) is 25.6 Å². The molecule has 1 spiro atoms. The fourth-order valence-electron chi connectivity index (χ4n) is 12.1. The minimum absolute atomic E-state index is 0.182. The van der Waals surface area contributed by atoms with Crippen molar-refractivity contribution in [1.29, 1.82) is 0 Å². The van der Waals surface area contributed by atoms with Gasteiger partial charge in [0.05, 0.1) is 0 Å². The Hall–Kier alpha value is -5.24. The third-order valence-electron chi connectivity index (χ3n) is 13.9. The average molecular weight is 697 g/mol. The molecule has 5 aliphatic carbocycles. The molecular formula is C52H40S. The smallest absolute Gasteiger partial charge is 0.0361 e. The molecule has 1 heteroatoms. The lowest BCUT2D eigenvalue weighted by molar-refractivity contribution is -0.0399. The molecule has 8 aromatic rings. The van der Waals surface area contributed by atoms with Crippen LogP contribution in [0.4, 0.5) is 0 Å². The number of fused-ring (bicyclic) bond motifs is 6. The van der Waals surface area contributed by atoms with Gasteiger partial charge in [0.2, 0.25) is 0 Å². The van der Waals surface area contributed by atoms with Crippen molar-refractivity contribution >= 4 is 31.5 Å².